The number of hydrogen-bond donors (Lipinski definition) is 1. The van der Waals surface area contributed by atoms with E-state index in [1.807, 2.05) is 36.4 Å². The Balaban J connectivity index is 1.70. The highest BCUT2D eigenvalue weighted by Crippen LogP contribution is 2.46. The number of carbonyl (C=O) groups excluding carboxylic acids is 2. The Bertz CT molecular complexity index is 1290. The van der Waals surface area contributed by atoms with Crippen molar-refractivity contribution in [3.63, 3.8) is 0 Å². The lowest BCUT2D eigenvalue weighted by atomic mass is 9.82. The number of aromatic hydroxyl groups is 1. The number of ketones is 1. The van der Waals surface area contributed by atoms with Gasteiger partial charge in [0.05, 0.1) is 17.5 Å². The SMILES string of the molecule is O=C1C[C@H](c2ccnc3ccccc23)c2c(ccc(C(=O)c3ccccc3)c2O)O1. The highest BCUT2D eigenvalue weighted by Gasteiger charge is 2.34. The van der Waals surface area contributed by atoms with Gasteiger partial charge in [0, 0.05) is 28.6 Å². The molecule has 0 amide bonds. The molecular formula is C25H17NO4. The molecule has 0 fully saturated rings. The molecule has 0 saturated heterocycles. The van der Waals surface area contributed by atoms with E-state index in [1.54, 1.807) is 36.5 Å². The van der Waals surface area contributed by atoms with E-state index in [9.17, 15) is 14.7 Å². The second-order valence-corrected chi connectivity index (χ2v) is 7.22. The predicted molar refractivity (Wildman–Crippen MR) is 112 cm³/mol. The largest absolute Gasteiger partial charge is 0.507 e. The van der Waals surface area contributed by atoms with Crippen molar-refractivity contribution >= 4 is 22.7 Å². The fraction of sp³-hybridized carbons (Fsp3) is 0.0800. The van der Waals surface area contributed by atoms with E-state index >= 15 is 0 Å². The van der Waals surface area contributed by atoms with E-state index in [2.05, 4.69) is 4.98 Å². The van der Waals surface area contributed by atoms with E-state index < -0.39 is 5.92 Å². The lowest BCUT2D eigenvalue weighted by Gasteiger charge is -2.27. The number of hydrogen-bond acceptors (Lipinski definition) is 5. The molecule has 1 aliphatic rings. The Morgan fingerprint density at radius 2 is 1.73 bits per heavy atom. The third-order valence-electron chi connectivity index (χ3n) is 5.46. The van der Waals surface area contributed by atoms with Crippen molar-refractivity contribution < 1.29 is 19.4 Å². The number of rotatable bonds is 3. The number of pyridine rings is 1. The normalized spacial score (nSPS) is 15.5. The molecule has 0 bridgehead atoms. The van der Waals surface area contributed by atoms with E-state index in [4.69, 9.17) is 4.74 Å². The van der Waals surface area contributed by atoms with E-state index in [0.29, 0.717) is 11.1 Å². The van der Waals surface area contributed by atoms with Crippen LogP contribution < -0.4 is 4.74 Å². The summed E-state index contributed by atoms with van der Waals surface area (Å²) in [4.78, 5) is 29.7. The Morgan fingerprint density at radius 3 is 2.57 bits per heavy atom. The number of phenols is 1. The number of benzene rings is 3. The first-order valence-electron chi connectivity index (χ1n) is 9.63. The molecule has 0 saturated carbocycles. The van der Waals surface area contributed by atoms with Crippen LogP contribution in [0, 0.1) is 0 Å². The molecule has 5 nitrogen and oxygen atoms in total. The Kier molecular flexibility index (Phi) is 4.29. The van der Waals surface area contributed by atoms with Crippen molar-refractivity contribution in [1.82, 2.24) is 4.98 Å². The number of aromatic nitrogens is 1. The van der Waals surface area contributed by atoms with Crippen LogP contribution in [-0.4, -0.2) is 21.8 Å². The van der Waals surface area contributed by atoms with Crippen LogP contribution in [0.4, 0.5) is 0 Å². The second-order valence-electron chi connectivity index (χ2n) is 7.22. The summed E-state index contributed by atoms with van der Waals surface area (Å²) in [6.45, 7) is 0. The van der Waals surface area contributed by atoms with Gasteiger partial charge in [-0.2, -0.15) is 0 Å². The maximum absolute atomic E-state index is 13.0. The molecule has 1 aliphatic heterocycles. The van der Waals surface area contributed by atoms with Gasteiger partial charge in [0.1, 0.15) is 11.5 Å². The molecule has 1 atom stereocenters. The monoisotopic (exact) mass is 395 g/mol. The molecule has 4 aromatic rings. The van der Waals surface area contributed by atoms with Crippen LogP contribution in [0.3, 0.4) is 0 Å². The summed E-state index contributed by atoms with van der Waals surface area (Å²) in [7, 11) is 0. The molecule has 1 N–H and O–H groups in total. The van der Waals surface area contributed by atoms with Crippen molar-refractivity contribution in [2.75, 3.05) is 0 Å². The molecule has 5 heteroatoms. The van der Waals surface area contributed by atoms with Gasteiger partial charge in [0.15, 0.2) is 5.78 Å². The van der Waals surface area contributed by atoms with Crippen LogP contribution in [-0.2, 0) is 4.79 Å². The van der Waals surface area contributed by atoms with Crippen LogP contribution in [0.2, 0.25) is 0 Å². The van der Waals surface area contributed by atoms with Gasteiger partial charge in [0.2, 0.25) is 0 Å². The molecule has 0 aliphatic carbocycles. The third kappa shape index (κ3) is 2.92. The molecular weight excluding hydrogens is 378 g/mol. The number of esters is 1. The first-order chi connectivity index (χ1) is 14.6. The fourth-order valence-corrected chi connectivity index (χ4v) is 4.06. The third-order valence-corrected chi connectivity index (χ3v) is 5.46. The standard InChI is InChI=1S/C25H17NO4/c27-22-14-19(16-12-13-26-20-9-5-4-8-17(16)20)23-21(30-22)11-10-18(25(23)29)24(28)15-6-2-1-3-7-15/h1-13,19,29H,14H2/t19-/m1/s1. The molecule has 0 unspecified atom stereocenters. The van der Waals surface area contributed by atoms with Crippen molar-refractivity contribution in [2.45, 2.75) is 12.3 Å². The van der Waals surface area contributed by atoms with Crippen molar-refractivity contribution in [3.05, 3.63) is 101 Å². The minimum absolute atomic E-state index is 0.0670. The van der Waals surface area contributed by atoms with E-state index in [-0.39, 0.29) is 35.2 Å². The van der Waals surface area contributed by atoms with Gasteiger partial charge in [-0.25, -0.2) is 0 Å². The molecule has 0 radical (unpaired) electrons. The van der Waals surface area contributed by atoms with Crippen LogP contribution in [0.1, 0.15) is 39.4 Å². The first kappa shape index (κ1) is 18.1. The maximum atomic E-state index is 13.0. The maximum Gasteiger partial charge on any atom is 0.312 e. The Hall–Kier alpha value is -3.99. The van der Waals surface area contributed by atoms with Crippen molar-refractivity contribution in [2.24, 2.45) is 0 Å². The summed E-state index contributed by atoms with van der Waals surface area (Å²) in [5.41, 5.74) is 2.77. The zero-order chi connectivity index (χ0) is 20.7. The highest BCUT2D eigenvalue weighted by atomic mass is 16.5. The summed E-state index contributed by atoms with van der Waals surface area (Å²) >= 11 is 0. The fourth-order valence-electron chi connectivity index (χ4n) is 4.06. The van der Waals surface area contributed by atoms with Gasteiger partial charge in [-0.1, -0.05) is 48.5 Å². The number of ether oxygens (including phenoxy) is 1. The first-order valence-corrected chi connectivity index (χ1v) is 9.63. The number of fused-ring (bicyclic) bond motifs is 2. The predicted octanol–water partition coefficient (Wildman–Crippen LogP) is 4.61. The zero-order valence-corrected chi connectivity index (χ0v) is 15.9. The molecule has 1 aromatic heterocycles. The number of nitrogens with zero attached hydrogens (tertiary/aromatic N) is 1. The minimum Gasteiger partial charge on any atom is -0.507 e. The van der Waals surface area contributed by atoms with Gasteiger partial charge in [-0.3, -0.25) is 14.6 Å². The van der Waals surface area contributed by atoms with Gasteiger partial charge >= 0.3 is 5.97 Å². The summed E-state index contributed by atoms with van der Waals surface area (Å²) in [5.74, 6) is -0.988. The van der Waals surface area contributed by atoms with Gasteiger partial charge in [-0.15, -0.1) is 0 Å². The van der Waals surface area contributed by atoms with Crippen LogP contribution in [0.5, 0.6) is 11.5 Å². The summed E-state index contributed by atoms with van der Waals surface area (Å²) in [6, 6.07) is 21.4. The van der Waals surface area contributed by atoms with Gasteiger partial charge in [0.25, 0.3) is 0 Å². The van der Waals surface area contributed by atoms with Gasteiger partial charge < -0.3 is 9.84 Å². The quantitative estimate of drug-likeness (QED) is 0.311. The van der Waals surface area contributed by atoms with Crippen LogP contribution >= 0.6 is 0 Å². The molecule has 2 heterocycles. The Labute approximate surface area is 172 Å². The smallest absolute Gasteiger partial charge is 0.312 e. The summed E-state index contributed by atoms with van der Waals surface area (Å²) < 4.78 is 5.39. The summed E-state index contributed by atoms with van der Waals surface area (Å²) in [5, 5.41) is 12.0. The van der Waals surface area contributed by atoms with E-state index in [1.165, 1.54) is 6.07 Å². The summed E-state index contributed by atoms with van der Waals surface area (Å²) in [6.07, 6.45) is 1.75. The number of carbonyl (C=O) groups is 2. The second kappa shape index (κ2) is 7.12. The molecule has 146 valence electrons. The topological polar surface area (TPSA) is 76.5 Å². The van der Waals surface area contributed by atoms with Crippen LogP contribution in [0.25, 0.3) is 10.9 Å². The molecule has 0 spiro atoms. The molecule has 3 aromatic carbocycles. The average molecular weight is 395 g/mol. The van der Waals surface area contributed by atoms with Crippen molar-refractivity contribution in [3.8, 4) is 11.5 Å². The zero-order valence-electron chi connectivity index (χ0n) is 15.9. The lowest BCUT2D eigenvalue weighted by molar-refractivity contribution is -0.135. The number of para-hydroxylation sites is 1. The van der Waals surface area contributed by atoms with Crippen molar-refractivity contribution in [1.29, 1.82) is 0 Å². The average Bonchev–Trinajstić information content (AvgIpc) is 2.78. The Morgan fingerprint density at radius 1 is 0.967 bits per heavy atom. The molecule has 30 heavy (non-hydrogen) atoms. The lowest BCUT2D eigenvalue weighted by Crippen LogP contribution is -2.22. The van der Waals surface area contributed by atoms with E-state index in [0.717, 1.165) is 16.5 Å². The highest BCUT2D eigenvalue weighted by molar-refractivity contribution is 6.11. The minimum atomic E-state index is -0.447. The van der Waals surface area contributed by atoms with Gasteiger partial charge in [-0.05, 0) is 29.8 Å². The molecule has 5 rings (SSSR count). The number of phenolic OH excluding ortho intramolecular Hbond substituents is 1. The van der Waals surface area contributed by atoms with Crippen LogP contribution in [0.15, 0.2) is 79.0 Å².